The molecule has 2 fully saturated rings. The number of likely N-dealkylation sites (tertiary alicyclic amines) is 1. The van der Waals surface area contributed by atoms with E-state index in [0.29, 0.717) is 5.92 Å². The molecule has 2 aliphatic rings. The summed E-state index contributed by atoms with van der Waals surface area (Å²) in [5.74, 6) is 0.713. The number of aromatic nitrogens is 2. The molecule has 1 aromatic carbocycles. The Kier molecular flexibility index (Phi) is 5.78. The molecule has 6 heteroatoms. The van der Waals surface area contributed by atoms with Crippen molar-refractivity contribution in [1.29, 1.82) is 0 Å². The number of carbonyl (C=O) groups excluding carboxylic acids is 1. The number of aryl methyl sites for hydroxylation is 2. The van der Waals surface area contributed by atoms with Crippen LogP contribution in [0.15, 0.2) is 24.3 Å². The molecule has 150 valence electrons. The molecule has 0 bridgehead atoms. The number of rotatable bonds is 4. The van der Waals surface area contributed by atoms with Crippen LogP contribution in [-0.2, 0) is 4.74 Å². The van der Waals surface area contributed by atoms with Gasteiger partial charge >= 0.3 is 0 Å². The van der Waals surface area contributed by atoms with Crippen molar-refractivity contribution in [3.63, 3.8) is 0 Å². The topological polar surface area (TPSA) is 61.5 Å². The molecule has 2 aliphatic heterocycles. The van der Waals surface area contributed by atoms with Crippen LogP contribution in [0.5, 0.6) is 0 Å². The molecule has 28 heavy (non-hydrogen) atoms. The summed E-state index contributed by atoms with van der Waals surface area (Å²) >= 11 is 0. The first-order valence-corrected chi connectivity index (χ1v) is 10.3. The summed E-state index contributed by atoms with van der Waals surface area (Å²) in [5, 5.41) is 7.29. The second-order valence-electron chi connectivity index (χ2n) is 8.06. The van der Waals surface area contributed by atoms with Crippen LogP contribution in [0.25, 0.3) is 11.1 Å². The predicted octanol–water partition coefficient (Wildman–Crippen LogP) is 2.88. The van der Waals surface area contributed by atoms with Gasteiger partial charge in [-0.1, -0.05) is 12.1 Å². The summed E-state index contributed by atoms with van der Waals surface area (Å²) in [4.78, 5) is 17.6. The number of morpholine rings is 1. The third-order valence-corrected chi connectivity index (χ3v) is 5.97. The van der Waals surface area contributed by atoms with E-state index in [0.717, 1.165) is 80.4 Å². The number of nitrogens with one attached hydrogen (secondary N) is 1. The lowest BCUT2D eigenvalue weighted by atomic mass is 9.96. The van der Waals surface area contributed by atoms with E-state index in [1.165, 1.54) is 6.42 Å². The molecular formula is C22H30N4O2. The molecule has 0 unspecified atom stereocenters. The SMILES string of the molecule is Cc1n[nH]c(C)c1-c1ccc(C(=O)N2CCC[C@H](CN3CCOCC3)C2)cc1. The zero-order valence-electron chi connectivity index (χ0n) is 16.9. The van der Waals surface area contributed by atoms with Crippen molar-refractivity contribution >= 4 is 5.91 Å². The first-order valence-electron chi connectivity index (χ1n) is 10.3. The quantitative estimate of drug-likeness (QED) is 0.883. The van der Waals surface area contributed by atoms with Crippen molar-refractivity contribution in [3.8, 4) is 11.1 Å². The van der Waals surface area contributed by atoms with Crippen molar-refractivity contribution in [2.75, 3.05) is 45.9 Å². The Morgan fingerprint density at radius 1 is 1.18 bits per heavy atom. The highest BCUT2D eigenvalue weighted by Crippen LogP contribution is 2.26. The minimum absolute atomic E-state index is 0.152. The number of piperidine rings is 1. The number of amides is 1. The van der Waals surface area contributed by atoms with E-state index in [2.05, 4.69) is 15.1 Å². The number of ether oxygens (including phenoxy) is 1. The molecule has 0 spiro atoms. The Hall–Kier alpha value is -2.18. The minimum atomic E-state index is 0.152. The van der Waals surface area contributed by atoms with Gasteiger partial charge in [-0.3, -0.25) is 14.8 Å². The van der Waals surface area contributed by atoms with Crippen molar-refractivity contribution in [2.45, 2.75) is 26.7 Å². The highest BCUT2D eigenvalue weighted by atomic mass is 16.5. The summed E-state index contributed by atoms with van der Waals surface area (Å²) in [5.41, 5.74) is 5.04. The summed E-state index contributed by atoms with van der Waals surface area (Å²) in [7, 11) is 0. The zero-order chi connectivity index (χ0) is 19.5. The van der Waals surface area contributed by atoms with E-state index >= 15 is 0 Å². The molecule has 6 nitrogen and oxygen atoms in total. The first kappa shape index (κ1) is 19.2. The van der Waals surface area contributed by atoms with Crippen LogP contribution in [0.3, 0.4) is 0 Å². The van der Waals surface area contributed by atoms with Gasteiger partial charge in [-0.15, -0.1) is 0 Å². The Morgan fingerprint density at radius 3 is 2.61 bits per heavy atom. The van der Waals surface area contributed by atoms with E-state index in [4.69, 9.17) is 4.74 Å². The molecule has 0 saturated carbocycles. The molecule has 3 heterocycles. The number of benzene rings is 1. The normalized spacial score (nSPS) is 21.1. The van der Waals surface area contributed by atoms with Gasteiger partial charge in [0.25, 0.3) is 5.91 Å². The van der Waals surface area contributed by atoms with Gasteiger partial charge in [0, 0.05) is 49.5 Å². The van der Waals surface area contributed by atoms with Gasteiger partial charge in [0.15, 0.2) is 0 Å². The summed E-state index contributed by atoms with van der Waals surface area (Å²) in [6, 6.07) is 7.98. The average Bonchev–Trinajstić information content (AvgIpc) is 3.07. The molecule has 2 saturated heterocycles. The minimum Gasteiger partial charge on any atom is -0.379 e. The summed E-state index contributed by atoms with van der Waals surface area (Å²) < 4.78 is 5.45. The van der Waals surface area contributed by atoms with Crippen molar-refractivity contribution in [2.24, 2.45) is 5.92 Å². The number of H-pyrrole nitrogens is 1. The molecule has 1 aromatic heterocycles. The highest BCUT2D eigenvalue weighted by Gasteiger charge is 2.26. The lowest BCUT2D eigenvalue weighted by Crippen LogP contribution is -2.46. The number of nitrogens with zero attached hydrogens (tertiary/aromatic N) is 3. The molecule has 1 atom stereocenters. The molecular weight excluding hydrogens is 352 g/mol. The van der Waals surface area contributed by atoms with E-state index in [1.807, 2.05) is 43.0 Å². The monoisotopic (exact) mass is 382 g/mol. The van der Waals surface area contributed by atoms with Gasteiger partial charge < -0.3 is 9.64 Å². The van der Waals surface area contributed by atoms with Crippen LogP contribution < -0.4 is 0 Å². The lowest BCUT2D eigenvalue weighted by Gasteiger charge is -2.36. The Balaban J connectivity index is 1.40. The van der Waals surface area contributed by atoms with Crippen molar-refractivity contribution in [3.05, 3.63) is 41.2 Å². The van der Waals surface area contributed by atoms with Crippen molar-refractivity contribution in [1.82, 2.24) is 20.0 Å². The Labute approximate surface area is 166 Å². The van der Waals surface area contributed by atoms with Gasteiger partial charge in [-0.2, -0.15) is 5.10 Å². The van der Waals surface area contributed by atoms with Gasteiger partial charge in [-0.05, 0) is 50.3 Å². The second kappa shape index (κ2) is 8.45. The second-order valence-corrected chi connectivity index (χ2v) is 8.06. The fourth-order valence-electron chi connectivity index (χ4n) is 4.49. The fraction of sp³-hybridized carbons (Fsp3) is 0.545. The van der Waals surface area contributed by atoms with E-state index in [1.54, 1.807) is 0 Å². The summed E-state index contributed by atoms with van der Waals surface area (Å²) in [6.07, 6.45) is 2.30. The highest BCUT2D eigenvalue weighted by molar-refractivity contribution is 5.94. The number of aromatic amines is 1. The van der Waals surface area contributed by atoms with Gasteiger partial charge in [0.2, 0.25) is 0 Å². The van der Waals surface area contributed by atoms with Crippen LogP contribution in [0.2, 0.25) is 0 Å². The number of hydrogen-bond donors (Lipinski definition) is 1. The largest absolute Gasteiger partial charge is 0.379 e. The molecule has 4 rings (SSSR count). The van der Waals surface area contributed by atoms with E-state index in [-0.39, 0.29) is 5.91 Å². The smallest absolute Gasteiger partial charge is 0.253 e. The fourth-order valence-corrected chi connectivity index (χ4v) is 4.49. The summed E-state index contributed by atoms with van der Waals surface area (Å²) in [6.45, 7) is 10.5. The van der Waals surface area contributed by atoms with Gasteiger partial charge in [0.1, 0.15) is 0 Å². The van der Waals surface area contributed by atoms with Gasteiger partial charge in [-0.25, -0.2) is 0 Å². The van der Waals surface area contributed by atoms with E-state index < -0.39 is 0 Å². The van der Waals surface area contributed by atoms with Crippen LogP contribution in [0.1, 0.15) is 34.6 Å². The van der Waals surface area contributed by atoms with Gasteiger partial charge in [0.05, 0.1) is 18.9 Å². The molecule has 1 amide bonds. The maximum Gasteiger partial charge on any atom is 0.253 e. The first-order chi connectivity index (χ1) is 13.6. The van der Waals surface area contributed by atoms with Crippen LogP contribution in [0.4, 0.5) is 0 Å². The Morgan fingerprint density at radius 2 is 1.93 bits per heavy atom. The number of hydrogen-bond acceptors (Lipinski definition) is 4. The van der Waals surface area contributed by atoms with Crippen LogP contribution >= 0.6 is 0 Å². The average molecular weight is 383 g/mol. The molecule has 1 N–H and O–H groups in total. The molecule has 0 radical (unpaired) electrons. The Bertz CT molecular complexity index is 789. The predicted molar refractivity (Wildman–Crippen MR) is 109 cm³/mol. The standard InChI is InChI=1S/C22H30N4O2/c1-16-21(17(2)24-23-16)19-5-7-20(8-6-19)22(27)26-9-3-4-18(15-26)14-25-10-12-28-13-11-25/h5-8,18H,3-4,9-15H2,1-2H3,(H,23,24)/t18-/m1/s1. The van der Waals surface area contributed by atoms with Crippen LogP contribution in [0, 0.1) is 19.8 Å². The third-order valence-electron chi connectivity index (χ3n) is 5.97. The maximum absolute atomic E-state index is 13.0. The lowest BCUT2D eigenvalue weighted by molar-refractivity contribution is 0.0224. The van der Waals surface area contributed by atoms with E-state index in [9.17, 15) is 4.79 Å². The molecule has 2 aromatic rings. The zero-order valence-corrected chi connectivity index (χ0v) is 16.9. The van der Waals surface area contributed by atoms with Crippen LogP contribution in [-0.4, -0.2) is 71.8 Å². The maximum atomic E-state index is 13.0. The number of carbonyl (C=O) groups is 1. The molecule has 0 aliphatic carbocycles. The van der Waals surface area contributed by atoms with Crippen molar-refractivity contribution < 1.29 is 9.53 Å². The third kappa shape index (κ3) is 4.13.